The van der Waals surface area contributed by atoms with E-state index in [0.717, 1.165) is 51.0 Å². The minimum absolute atomic E-state index is 0.377. The van der Waals surface area contributed by atoms with E-state index in [0.29, 0.717) is 0 Å². The van der Waals surface area contributed by atoms with Gasteiger partial charge in [-0.2, -0.15) is 0 Å². The van der Waals surface area contributed by atoms with Crippen LogP contribution in [0.25, 0.3) is 20.0 Å². The molecule has 0 N–H and O–H groups in total. The molecule has 0 spiro atoms. The van der Waals surface area contributed by atoms with Crippen LogP contribution >= 0.6 is 0 Å². The molecule has 1 aliphatic rings. The number of hydrogen-bond donors (Lipinski definition) is 0. The third kappa shape index (κ3) is 6.84. The number of ether oxygens (including phenoxy) is 2. The molecule has 1 aliphatic heterocycles. The molecule has 0 radical (unpaired) electrons. The standard InChI is InChI=1S/C42H28F6GeO2/c43-41(44,45)50-35-25-21-33(22-26-35)49(34-23-27-36(28-24-34)51-42(46,47)48)39(31-17-9-3-10-18-31)37(29-13-5-1-6-14-29)38(30-15-7-2-8-16-30)40(49)32-19-11-4-12-20-32/h1-28H. The summed E-state index contributed by atoms with van der Waals surface area (Å²) in [5, 5.41) is 0. The quantitative estimate of drug-likeness (QED) is 0.114. The number of rotatable bonds is 8. The van der Waals surface area contributed by atoms with E-state index in [1.165, 1.54) is 24.3 Å². The van der Waals surface area contributed by atoms with Crippen LogP contribution < -0.4 is 18.3 Å². The first-order chi connectivity index (χ1) is 24.5. The normalized spacial score (nSPS) is 14.5. The summed E-state index contributed by atoms with van der Waals surface area (Å²) in [6.07, 6.45) is -9.79. The molecule has 0 aliphatic carbocycles. The Morgan fingerprint density at radius 2 is 0.608 bits per heavy atom. The number of halogens is 6. The molecule has 0 unspecified atom stereocenters. The fraction of sp³-hybridized carbons (Fsp3) is 0.0476. The molecule has 7 rings (SSSR count). The van der Waals surface area contributed by atoms with E-state index in [1.54, 1.807) is 24.3 Å². The van der Waals surface area contributed by atoms with E-state index >= 15 is 0 Å². The van der Waals surface area contributed by atoms with E-state index in [9.17, 15) is 26.3 Å². The van der Waals surface area contributed by atoms with Crippen molar-refractivity contribution in [1.82, 2.24) is 0 Å². The second kappa shape index (κ2) is 13.7. The minimum atomic E-state index is -4.90. The molecule has 6 aromatic rings. The van der Waals surface area contributed by atoms with Gasteiger partial charge in [0.05, 0.1) is 0 Å². The molecule has 9 heteroatoms. The van der Waals surface area contributed by atoms with Crippen molar-refractivity contribution in [3.63, 3.8) is 0 Å². The van der Waals surface area contributed by atoms with Crippen molar-refractivity contribution >= 4 is 42.0 Å². The zero-order valence-corrected chi connectivity index (χ0v) is 28.8. The second-order valence-corrected chi connectivity index (χ2v) is 19.5. The Labute approximate surface area is 293 Å². The van der Waals surface area contributed by atoms with Crippen molar-refractivity contribution in [3.8, 4) is 11.5 Å². The summed E-state index contributed by atoms with van der Waals surface area (Å²) < 4.78 is 92.3. The van der Waals surface area contributed by atoms with Gasteiger partial charge in [-0.3, -0.25) is 0 Å². The maximum absolute atomic E-state index is 13.4. The van der Waals surface area contributed by atoms with E-state index in [-0.39, 0.29) is 11.5 Å². The molecule has 0 saturated carbocycles. The van der Waals surface area contributed by atoms with E-state index < -0.39 is 26.0 Å². The summed E-state index contributed by atoms with van der Waals surface area (Å²) in [4.78, 5) is 0. The SMILES string of the molecule is FC(F)(F)Oc1cc[c]([Ge]2([c]3ccc(OC(F)(F)F)cc3)[C](c3ccccc3)=C(c3ccccc3)C(c3ccccc3)=[C]2c2ccccc2)cc1. The summed E-state index contributed by atoms with van der Waals surface area (Å²) in [5.41, 5.74) is 5.51. The first-order valence-electron chi connectivity index (χ1n) is 16.0. The Kier molecular flexibility index (Phi) is 9.12. The Morgan fingerprint density at radius 1 is 0.333 bits per heavy atom. The van der Waals surface area contributed by atoms with Gasteiger partial charge in [-0.25, -0.2) is 0 Å². The molecule has 254 valence electrons. The summed E-state index contributed by atoms with van der Waals surface area (Å²) in [6.45, 7) is 0. The summed E-state index contributed by atoms with van der Waals surface area (Å²) in [6, 6.07) is 51.3. The number of alkyl halides is 6. The summed E-state index contributed by atoms with van der Waals surface area (Å²) in [7, 11) is 0. The van der Waals surface area contributed by atoms with Crippen LogP contribution in [0.5, 0.6) is 11.5 Å². The Balaban J connectivity index is 1.68. The van der Waals surface area contributed by atoms with Gasteiger partial charge in [0.1, 0.15) is 0 Å². The van der Waals surface area contributed by atoms with Gasteiger partial charge in [0.15, 0.2) is 0 Å². The molecule has 0 amide bonds. The van der Waals surface area contributed by atoms with Crippen molar-refractivity contribution in [2.24, 2.45) is 0 Å². The molecule has 2 nitrogen and oxygen atoms in total. The van der Waals surface area contributed by atoms with Crippen molar-refractivity contribution in [3.05, 3.63) is 192 Å². The average Bonchev–Trinajstić information content (AvgIpc) is 3.45. The molecule has 0 aromatic heterocycles. The fourth-order valence-electron chi connectivity index (χ4n) is 7.03. The van der Waals surface area contributed by atoms with Crippen LogP contribution in [0.4, 0.5) is 26.3 Å². The Morgan fingerprint density at radius 3 is 0.882 bits per heavy atom. The molecule has 0 atom stereocenters. The third-order valence-electron chi connectivity index (χ3n) is 8.79. The zero-order valence-electron chi connectivity index (χ0n) is 26.8. The molecule has 51 heavy (non-hydrogen) atoms. The molecular weight excluding hydrogens is 723 g/mol. The first kappa shape index (κ1) is 34.0. The van der Waals surface area contributed by atoms with E-state index in [1.807, 2.05) is 121 Å². The van der Waals surface area contributed by atoms with Crippen LogP contribution in [0.2, 0.25) is 0 Å². The van der Waals surface area contributed by atoms with E-state index in [4.69, 9.17) is 0 Å². The van der Waals surface area contributed by atoms with Gasteiger partial charge in [-0.1, -0.05) is 0 Å². The molecule has 6 aromatic carbocycles. The van der Waals surface area contributed by atoms with Crippen molar-refractivity contribution in [2.45, 2.75) is 12.7 Å². The zero-order chi connectivity index (χ0) is 35.6. The second-order valence-electron chi connectivity index (χ2n) is 11.9. The third-order valence-corrected chi connectivity index (χ3v) is 19.2. The molecule has 0 saturated heterocycles. The molecule has 0 fully saturated rings. The van der Waals surface area contributed by atoms with Crippen LogP contribution in [0.15, 0.2) is 170 Å². The fourth-order valence-corrected chi connectivity index (χ4v) is 18.7. The Hall–Kier alpha value is -5.48. The molecular formula is C42H28F6GeO2. The maximum atomic E-state index is 13.4. The van der Waals surface area contributed by atoms with E-state index in [2.05, 4.69) is 9.47 Å². The summed E-state index contributed by atoms with van der Waals surface area (Å²) in [5.74, 6) is -0.754. The van der Waals surface area contributed by atoms with Crippen LogP contribution in [-0.4, -0.2) is 26.0 Å². The predicted molar refractivity (Wildman–Crippen MR) is 191 cm³/mol. The van der Waals surface area contributed by atoms with Crippen LogP contribution in [-0.2, 0) is 0 Å². The van der Waals surface area contributed by atoms with Gasteiger partial charge < -0.3 is 0 Å². The first-order valence-corrected chi connectivity index (χ1v) is 20.2. The monoisotopic (exact) mass is 752 g/mol. The van der Waals surface area contributed by atoms with Gasteiger partial charge >= 0.3 is 294 Å². The Bertz CT molecular complexity index is 2020. The van der Waals surface area contributed by atoms with Crippen molar-refractivity contribution in [2.75, 3.05) is 0 Å². The van der Waals surface area contributed by atoms with Gasteiger partial charge in [0.2, 0.25) is 0 Å². The van der Waals surface area contributed by atoms with Crippen LogP contribution in [0, 0.1) is 0 Å². The van der Waals surface area contributed by atoms with Gasteiger partial charge in [-0.05, 0) is 0 Å². The van der Waals surface area contributed by atoms with Gasteiger partial charge in [0.25, 0.3) is 0 Å². The van der Waals surface area contributed by atoms with Crippen LogP contribution in [0.3, 0.4) is 0 Å². The number of allylic oxidation sites excluding steroid dienone is 2. The summed E-state index contributed by atoms with van der Waals surface area (Å²) >= 11 is -4.53. The number of hydrogen-bond acceptors (Lipinski definition) is 2. The molecule has 0 bridgehead atoms. The number of benzene rings is 6. The van der Waals surface area contributed by atoms with Crippen LogP contribution in [0.1, 0.15) is 22.3 Å². The average molecular weight is 751 g/mol. The predicted octanol–water partition coefficient (Wildman–Crippen LogP) is 10.4. The van der Waals surface area contributed by atoms with Crippen molar-refractivity contribution < 1.29 is 35.8 Å². The van der Waals surface area contributed by atoms with Crippen molar-refractivity contribution in [1.29, 1.82) is 0 Å². The molecule has 1 heterocycles. The van der Waals surface area contributed by atoms with Gasteiger partial charge in [-0.15, -0.1) is 0 Å². The topological polar surface area (TPSA) is 18.5 Å². The van der Waals surface area contributed by atoms with Gasteiger partial charge in [0, 0.05) is 0 Å².